The van der Waals surface area contributed by atoms with Crippen LogP contribution < -0.4 is 10.1 Å². The molecular formula is C18H18N2O2. The van der Waals surface area contributed by atoms with Crippen molar-refractivity contribution in [3.8, 4) is 11.8 Å². The Morgan fingerprint density at radius 3 is 2.59 bits per heavy atom. The molecule has 0 aliphatic carbocycles. The molecule has 0 radical (unpaired) electrons. The van der Waals surface area contributed by atoms with Crippen LogP contribution in [0.15, 0.2) is 42.5 Å². The SMILES string of the molecule is Cc1ccc(NC(=O)C(C)Oc2ccccc2C#N)cc1C. The number of ether oxygens (including phenoxy) is 1. The van der Waals surface area contributed by atoms with Gasteiger partial charge in [-0.05, 0) is 56.2 Å². The highest BCUT2D eigenvalue weighted by Gasteiger charge is 2.16. The smallest absolute Gasteiger partial charge is 0.265 e. The van der Waals surface area contributed by atoms with Crippen LogP contribution in [0.5, 0.6) is 5.75 Å². The first-order valence-corrected chi connectivity index (χ1v) is 7.05. The van der Waals surface area contributed by atoms with Crippen LogP contribution in [0.1, 0.15) is 23.6 Å². The standard InChI is InChI=1S/C18H18N2O2/c1-12-8-9-16(10-13(12)2)20-18(21)14(3)22-17-7-5-4-6-15(17)11-19/h4-10,14H,1-3H3,(H,20,21). The fraction of sp³-hybridized carbons (Fsp3) is 0.222. The average molecular weight is 294 g/mol. The number of nitrogens with one attached hydrogen (secondary N) is 1. The number of anilines is 1. The number of para-hydroxylation sites is 1. The van der Waals surface area contributed by atoms with Gasteiger partial charge in [0.25, 0.3) is 5.91 Å². The fourth-order valence-corrected chi connectivity index (χ4v) is 1.97. The summed E-state index contributed by atoms with van der Waals surface area (Å²) < 4.78 is 5.59. The highest BCUT2D eigenvalue weighted by atomic mass is 16.5. The summed E-state index contributed by atoms with van der Waals surface area (Å²) in [5.74, 6) is 0.156. The summed E-state index contributed by atoms with van der Waals surface area (Å²) in [6.45, 7) is 5.67. The zero-order chi connectivity index (χ0) is 16.1. The van der Waals surface area contributed by atoms with Crippen molar-refractivity contribution in [1.82, 2.24) is 0 Å². The Morgan fingerprint density at radius 1 is 1.18 bits per heavy atom. The first-order chi connectivity index (χ1) is 10.5. The molecule has 1 N–H and O–H groups in total. The first-order valence-electron chi connectivity index (χ1n) is 7.05. The zero-order valence-corrected chi connectivity index (χ0v) is 12.9. The minimum atomic E-state index is -0.698. The van der Waals surface area contributed by atoms with E-state index in [-0.39, 0.29) is 5.91 Å². The lowest BCUT2D eigenvalue weighted by Gasteiger charge is -2.16. The molecule has 0 heterocycles. The number of rotatable bonds is 4. The zero-order valence-electron chi connectivity index (χ0n) is 12.9. The molecule has 0 fully saturated rings. The van der Waals surface area contributed by atoms with Crippen LogP contribution >= 0.6 is 0 Å². The third kappa shape index (κ3) is 3.64. The third-order valence-electron chi connectivity index (χ3n) is 3.45. The van der Waals surface area contributed by atoms with E-state index in [1.807, 2.05) is 38.1 Å². The van der Waals surface area contributed by atoms with Crippen molar-refractivity contribution in [2.75, 3.05) is 5.32 Å². The molecule has 2 aromatic carbocycles. The van der Waals surface area contributed by atoms with Gasteiger partial charge in [-0.2, -0.15) is 5.26 Å². The van der Waals surface area contributed by atoms with Gasteiger partial charge in [0.2, 0.25) is 0 Å². The van der Waals surface area contributed by atoms with Gasteiger partial charge in [0, 0.05) is 5.69 Å². The van der Waals surface area contributed by atoms with E-state index in [1.165, 1.54) is 5.56 Å². The van der Waals surface area contributed by atoms with Gasteiger partial charge in [-0.15, -0.1) is 0 Å². The molecule has 0 aromatic heterocycles. The summed E-state index contributed by atoms with van der Waals surface area (Å²) >= 11 is 0. The number of hydrogen-bond donors (Lipinski definition) is 1. The van der Waals surface area contributed by atoms with E-state index in [2.05, 4.69) is 5.32 Å². The summed E-state index contributed by atoms with van der Waals surface area (Å²) in [7, 11) is 0. The highest BCUT2D eigenvalue weighted by Crippen LogP contribution is 2.19. The predicted octanol–water partition coefficient (Wildman–Crippen LogP) is 3.58. The Balaban J connectivity index is 2.06. The van der Waals surface area contributed by atoms with Crippen LogP contribution in [-0.2, 0) is 4.79 Å². The molecule has 0 bridgehead atoms. The predicted molar refractivity (Wildman–Crippen MR) is 85.8 cm³/mol. The van der Waals surface area contributed by atoms with Crippen molar-refractivity contribution in [3.63, 3.8) is 0 Å². The summed E-state index contributed by atoms with van der Waals surface area (Å²) in [5, 5.41) is 11.9. The second-order valence-corrected chi connectivity index (χ2v) is 5.16. The van der Waals surface area contributed by atoms with Crippen LogP contribution in [0.3, 0.4) is 0 Å². The second-order valence-electron chi connectivity index (χ2n) is 5.16. The van der Waals surface area contributed by atoms with Gasteiger partial charge in [-0.3, -0.25) is 4.79 Å². The lowest BCUT2D eigenvalue weighted by molar-refractivity contribution is -0.122. The lowest BCUT2D eigenvalue weighted by Crippen LogP contribution is -2.30. The Kier molecular flexibility index (Phi) is 4.80. The van der Waals surface area contributed by atoms with Crippen LogP contribution in [0, 0.1) is 25.2 Å². The molecule has 0 saturated heterocycles. The number of carbonyl (C=O) groups is 1. The van der Waals surface area contributed by atoms with Crippen LogP contribution in [0.4, 0.5) is 5.69 Å². The van der Waals surface area contributed by atoms with E-state index in [0.29, 0.717) is 11.3 Å². The number of nitrogens with zero attached hydrogens (tertiary/aromatic N) is 1. The van der Waals surface area contributed by atoms with Crippen molar-refractivity contribution in [2.24, 2.45) is 0 Å². The van der Waals surface area contributed by atoms with Gasteiger partial charge in [0.15, 0.2) is 6.10 Å². The summed E-state index contributed by atoms with van der Waals surface area (Å²) in [6, 6.07) is 14.6. The van der Waals surface area contributed by atoms with Gasteiger partial charge >= 0.3 is 0 Å². The van der Waals surface area contributed by atoms with E-state index < -0.39 is 6.10 Å². The third-order valence-corrected chi connectivity index (χ3v) is 3.45. The molecule has 1 unspecified atom stereocenters. The molecule has 4 nitrogen and oxygen atoms in total. The highest BCUT2D eigenvalue weighted by molar-refractivity contribution is 5.94. The fourth-order valence-electron chi connectivity index (χ4n) is 1.97. The maximum absolute atomic E-state index is 12.2. The van der Waals surface area contributed by atoms with E-state index in [0.717, 1.165) is 11.3 Å². The summed E-state index contributed by atoms with van der Waals surface area (Å²) in [5.41, 5.74) is 3.43. The van der Waals surface area contributed by atoms with Crippen molar-refractivity contribution < 1.29 is 9.53 Å². The number of nitriles is 1. The molecule has 22 heavy (non-hydrogen) atoms. The first kappa shape index (κ1) is 15.6. The minimum Gasteiger partial charge on any atom is -0.480 e. The monoisotopic (exact) mass is 294 g/mol. The summed E-state index contributed by atoms with van der Waals surface area (Å²) in [6.07, 6.45) is -0.698. The molecule has 0 aliphatic heterocycles. The molecule has 112 valence electrons. The van der Waals surface area contributed by atoms with E-state index in [4.69, 9.17) is 10.00 Å². The van der Waals surface area contributed by atoms with Crippen LogP contribution in [-0.4, -0.2) is 12.0 Å². The largest absolute Gasteiger partial charge is 0.480 e. The Labute approximate surface area is 130 Å². The molecule has 4 heteroatoms. The number of hydrogen-bond acceptors (Lipinski definition) is 3. The molecule has 1 amide bonds. The molecular weight excluding hydrogens is 276 g/mol. The van der Waals surface area contributed by atoms with Gasteiger partial charge in [0.1, 0.15) is 11.8 Å². The maximum atomic E-state index is 12.2. The lowest BCUT2D eigenvalue weighted by atomic mass is 10.1. The molecule has 1 atom stereocenters. The molecule has 0 spiro atoms. The molecule has 2 aromatic rings. The number of aryl methyl sites for hydroxylation is 2. The topological polar surface area (TPSA) is 62.1 Å². The quantitative estimate of drug-likeness (QED) is 0.937. The summed E-state index contributed by atoms with van der Waals surface area (Å²) in [4.78, 5) is 12.2. The normalized spacial score (nSPS) is 11.4. The molecule has 0 saturated carbocycles. The Hall–Kier alpha value is -2.80. The van der Waals surface area contributed by atoms with Crippen LogP contribution in [0.25, 0.3) is 0 Å². The van der Waals surface area contributed by atoms with Gasteiger partial charge in [0.05, 0.1) is 5.56 Å². The van der Waals surface area contributed by atoms with Gasteiger partial charge < -0.3 is 10.1 Å². The van der Waals surface area contributed by atoms with Crippen molar-refractivity contribution >= 4 is 11.6 Å². The average Bonchev–Trinajstić information content (AvgIpc) is 2.51. The van der Waals surface area contributed by atoms with Crippen molar-refractivity contribution in [2.45, 2.75) is 26.9 Å². The van der Waals surface area contributed by atoms with E-state index >= 15 is 0 Å². The van der Waals surface area contributed by atoms with Gasteiger partial charge in [-0.1, -0.05) is 18.2 Å². The number of benzene rings is 2. The molecule has 0 aliphatic rings. The van der Waals surface area contributed by atoms with Crippen molar-refractivity contribution in [3.05, 3.63) is 59.2 Å². The Bertz CT molecular complexity index is 732. The number of carbonyl (C=O) groups excluding carboxylic acids is 1. The van der Waals surface area contributed by atoms with E-state index in [1.54, 1.807) is 31.2 Å². The van der Waals surface area contributed by atoms with E-state index in [9.17, 15) is 4.79 Å². The minimum absolute atomic E-state index is 0.254. The van der Waals surface area contributed by atoms with Crippen LogP contribution in [0.2, 0.25) is 0 Å². The maximum Gasteiger partial charge on any atom is 0.265 e. The second kappa shape index (κ2) is 6.77. The van der Waals surface area contributed by atoms with Crippen molar-refractivity contribution in [1.29, 1.82) is 5.26 Å². The van der Waals surface area contributed by atoms with Gasteiger partial charge in [-0.25, -0.2) is 0 Å². The Morgan fingerprint density at radius 2 is 1.91 bits per heavy atom. The molecule has 2 rings (SSSR count). The number of amides is 1.